The molecule has 0 fully saturated rings. The van der Waals surface area contributed by atoms with E-state index in [1.807, 2.05) is 60.7 Å². The number of H-pyrrole nitrogens is 1. The number of nitrogens with zero attached hydrogens (tertiary/aromatic N) is 2. The van der Waals surface area contributed by atoms with Crippen molar-refractivity contribution >= 4 is 17.8 Å². The summed E-state index contributed by atoms with van der Waals surface area (Å²) in [6.07, 6.45) is 9.73. The molecule has 0 saturated carbocycles. The molecule has 48 heavy (non-hydrogen) atoms. The number of aliphatic carboxylic acids is 1. The molecule has 3 atom stereocenters. The van der Waals surface area contributed by atoms with Gasteiger partial charge in [0.15, 0.2) is 0 Å². The number of aromatic amines is 1. The fourth-order valence-corrected chi connectivity index (χ4v) is 5.83. The van der Waals surface area contributed by atoms with Crippen LogP contribution in [0.3, 0.4) is 0 Å². The summed E-state index contributed by atoms with van der Waals surface area (Å²) in [6, 6.07) is 25.7. The number of hydrogen-bond donors (Lipinski definition) is 4. The minimum atomic E-state index is -0.957. The van der Waals surface area contributed by atoms with Gasteiger partial charge >= 0.3 is 5.97 Å². The van der Waals surface area contributed by atoms with E-state index in [4.69, 9.17) is 0 Å². The topological polar surface area (TPSA) is 127 Å². The highest BCUT2D eigenvalue weighted by atomic mass is 16.4. The minimum Gasteiger partial charge on any atom is -0.480 e. The number of carbonyl (C=O) groups is 3. The van der Waals surface area contributed by atoms with Crippen LogP contribution in [-0.4, -0.2) is 69.5 Å². The molecule has 0 saturated heterocycles. The van der Waals surface area contributed by atoms with Gasteiger partial charge in [0, 0.05) is 44.4 Å². The molecule has 0 aliphatic carbocycles. The van der Waals surface area contributed by atoms with Crippen LogP contribution < -0.4 is 10.6 Å². The fraction of sp³-hybridized carbons (Fsp3) is 0.385. The van der Waals surface area contributed by atoms with Gasteiger partial charge in [-0.25, -0.2) is 4.98 Å². The number of benzene rings is 3. The second kappa shape index (κ2) is 19.2. The van der Waals surface area contributed by atoms with Crippen LogP contribution in [0.5, 0.6) is 0 Å². The first-order valence-electron chi connectivity index (χ1n) is 17.0. The van der Waals surface area contributed by atoms with Crippen molar-refractivity contribution in [3.8, 4) is 0 Å². The zero-order valence-electron chi connectivity index (χ0n) is 28.1. The van der Waals surface area contributed by atoms with Crippen LogP contribution in [0.15, 0.2) is 97.5 Å². The van der Waals surface area contributed by atoms with E-state index in [1.54, 1.807) is 24.5 Å². The number of carboxylic acids is 1. The van der Waals surface area contributed by atoms with Gasteiger partial charge in [-0.1, -0.05) is 105 Å². The molecule has 0 unspecified atom stereocenters. The van der Waals surface area contributed by atoms with Crippen molar-refractivity contribution in [1.29, 1.82) is 0 Å². The predicted molar refractivity (Wildman–Crippen MR) is 188 cm³/mol. The number of amides is 2. The fourth-order valence-electron chi connectivity index (χ4n) is 5.83. The summed E-state index contributed by atoms with van der Waals surface area (Å²) in [5.41, 5.74) is 5.04. The van der Waals surface area contributed by atoms with E-state index in [0.717, 1.165) is 28.8 Å². The summed E-state index contributed by atoms with van der Waals surface area (Å²) < 4.78 is 0. The van der Waals surface area contributed by atoms with Crippen LogP contribution >= 0.6 is 0 Å². The molecule has 1 aromatic heterocycles. The smallest absolute Gasteiger partial charge is 0.321 e. The van der Waals surface area contributed by atoms with E-state index in [0.29, 0.717) is 19.3 Å². The Morgan fingerprint density at radius 3 is 2.00 bits per heavy atom. The largest absolute Gasteiger partial charge is 0.480 e. The maximum absolute atomic E-state index is 14.2. The summed E-state index contributed by atoms with van der Waals surface area (Å²) >= 11 is 0. The van der Waals surface area contributed by atoms with E-state index >= 15 is 0 Å². The van der Waals surface area contributed by atoms with Crippen molar-refractivity contribution in [3.05, 3.63) is 125 Å². The zero-order chi connectivity index (χ0) is 34.1. The van der Waals surface area contributed by atoms with Crippen molar-refractivity contribution < 1.29 is 19.5 Å². The van der Waals surface area contributed by atoms with Crippen LogP contribution in [-0.2, 0) is 46.5 Å². The number of unbranched alkanes of at least 4 members (excludes halogenated alkanes) is 2. The van der Waals surface area contributed by atoms with E-state index in [2.05, 4.69) is 51.8 Å². The number of nitrogens with one attached hydrogen (secondary N) is 3. The number of hydrogen-bond acceptors (Lipinski definition) is 5. The van der Waals surface area contributed by atoms with Gasteiger partial charge in [-0.2, -0.15) is 0 Å². The quantitative estimate of drug-likeness (QED) is 0.0979. The molecule has 9 nitrogen and oxygen atoms in total. The standard InChI is InChI=1S/C39H49N5O4/c1-3-4-7-12-29-17-19-30(20-18-29)21-22-37(45)43-35(25-33-26-40-28-42-33)38(46)44(2)34(23-31-13-8-5-9-14-31)27-41-36(39(47)48)24-32-15-10-6-11-16-32/h5-6,8-11,13-20,26,28,34-36,41H,3-4,7,12,21-25,27H2,1-2H3,(H,40,42)(H,43,45)(H,47,48)/t34-,35+,36-/m0/s1. The number of imidazole rings is 1. The molecule has 9 heteroatoms. The Hall–Kier alpha value is -4.76. The Labute approximate surface area is 284 Å². The van der Waals surface area contributed by atoms with Crippen LogP contribution in [0.1, 0.15) is 60.6 Å². The van der Waals surface area contributed by atoms with Gasteiger partial charge in [0.05, 0.1) is 6.33 Å². The van der Waals surface area contributed by atoms with Gasteiger partial charge in [0.25, 0.3) is 0 Å². The number of aryl methyl sites for hydroxylation is 2. The lowest BCUT2D eigenvalue weighted by molar-refractivity contribution is -0.139. The second-order valence-electron chi connectivity index (χ2n) is 12.5. The molecule has 4 rings (SSSR count). The van der Waals surface area contributed by atoms with Crippen LogP contribution in [0.25, 0.3) is 0 Å². The average Bonchev–Trinajstić information content (AvgIpc) is 3.62. The molecular weight excluding hydrogens is 602 g/mol. The van der Waals surface area contributed by atoms with Gasteiger partial charge in [0.1, 0.15) is 12.1 Å². The predicted octanol–water partition coefficient (Wildman–Crippen LogP) is 5.16. The monoisotopic (exact) mass is 651 g/mol. The first-order valence-corrected chi connectivity index (χ1v) is 17.0. The van der Waals surface area contributed by atoms with E-state index < -0.39 is 18.1 Å². The van der Waals surface area contributed by atoms with Crippen molar-refractivity contribution in [2.75, 3.05) is 13.6 Å². The van der Waals surface area contributed by atoms with E-state index in [9.17, 15) is 19.5 Å². The third-order valence-corrected chi connectivity index (χ3v) is 8.74. The third kappa shape index (κ3) is 11.8. The van der Waals surface area contributed by atoms with Gasteiger partial charge in [-0.15, -0.1) is 0 Å². The number of likely N-dealkylation sites (N-methyl/N-ethyl adjacent to an activating group) is 1. The molecule has 4 N–H and O–H groups in total. The van der Waals surface area contributed by atoms with E-state index in [-0.39, 0.29) is 37.2 Å². The molecule has 4 aromatic rings. The first kappa shape index (κ1) is 36.1. The Kier molecular flexibility index (Phi) is 14.4. The molecule has 1 heterocycles. The van der Waals surface area contributed by atoms with Crippen LogP contribution in [0.4, 0.5) is 0 Å². The Morgan fingerprint density at radius 2 is 1.42 bits per heavy atom. The third-order valence-electron chi connectivity index (χ3n) is 8.74. The maximum atomic E-state index is 14.2. The van der Waals surface area contributed by atoms with Crippen molar-refractivity contribution in [2.24, 2.45) is 0 Å². The lowest BCUT2D eigenvalue weighted by Crippen LogP contribution is -2.55. The molecule has 0 aliphatic rings. The molecule has 2 amide bonds. The first-order chi connectivity index (χ1) is 23.3. The van der Waals surface area contributed by atoms with Gasteiger partial charge in [-0.05, 0) is 54.4 Å². The molecular formula is C39H49N5O4. The molecule has 0 radical (unpaired) electrons. The van der Waals surface area contributed by atoms with E-state index in [1.165, 1.54) is 24.8 Å². The Balaban J connectivity index is 1.45. The van der Waals surface area contributed by atoms with Crippen molar-refractivity contribution in [1.82, 2.24) is 25.5 Å². The Morgan fingerprint density at radius 1 is 0.792 bits per heavy atom. The molecule has 3 aromatic carbocycles. The molecule has 0 spiro atoms. The van der Waals surface area contributed by atoms with Gasteiger partial charge < -0.3 is 25.6 Å². The van der Waals surface area contributed by atoms with Crippen molar-refractivity contribution in [3.63, 3.8) is 0 Å². The summed E-state index contributed by atoms with van der Waals surface area (Å²) in [6.45, 7) is 2.45. The SMILES string of the molecule is CCCCCc1ccc(CCC(=O)N[C@H](Cc2cnc[nH]2)C(=O)N(C)[C@H](CN[C@@H](Cc2ccccc2)C(=O)O)Cc2ccccc2)cc1. The summed E-state index contributed by atoms with van der Waals surface area (Å²) in [5.74, 6) is -1.42. The maximum Gasteiger partial charge on any atom is 0.321 e. The highest BCUT2D eigenvalue weighted by Crippen LogP contribution is 2.14. The number of carbonyl (C=O) groups excluding carboxylic acids is 2. The molecule has 254 valence electrons. The highest BCUT2D eigenvalue weighted by Gasteiger charge is 2.30. The van der Waals surface area contributed by atoms with Crippen LogP contribution in [0.2, 0.25) is 0 Å². The van der Waals surface area contributed by atoms with Crippen LogP contribution in [0, 0.1) is 0 Å². The lowest BCUT2D eigenvalue weighted by Gasteiger charge is -2.33. The molecule has 0 bridgehead atoms. The van der Waals surface area contributed by atoms with Gasteiger partial charge in [0.2, 0.25) is 11.8 Å². The summed E-state index contributed by atoms with van der Waals surface area (Å²) in [4.78, 5) is 48.4. The summed E-state index contributed by atoms with van der Waals surface area (Å²) in [5, 5.41) is 16.2. The lowest BCUT2D eigenvalue weighted by atomic mass is 10.0. The zero-order valence-corrected chi connectivity index (χ0v) is 28.1. The normalized spacial score (nSPS) is 13.0. The highest BCUT2D eigenvalue weighted by molar-refractivity contribution is 5.88. The summed E-state index contributed by atoms with van der Waals surface area (Å²) in [7, 11) is 1.72. The van der Waals surface area contributed by atoms with Crippen molar-refractivity contribution in [2.45, 2.75) is 82.8 Å². The number of aromatic nitrogens is 2. The molecule has 0 aliphatic heterocycles. The average molecular weight is 652 g/mol. The minimum absolute atomic E-state index is 0.208. The Bertz CT molecular complexity index is 1530. The second-order valence-corrected chi connectivity index (χ2v) is 12.5. The number of rotatable bonds is 20. The number of carboxylic acid groups (broad SMARTS) is 1. The van der Waals surface area contributed by atoms with Gasteiger partial charge in [-0.3, -0.25) is 14.4 Å².